The standard InChI is InChI=1S/C25H28Cl2N2O2/c1-25(2)13-18-9-16(17-10-19(26)12-20(27)11-17)3-4-21(18)23(25)28-24(30)31-22-14-29-7-5-15(22)6-8-29/h3-4,9-12,15,22-23H,5-8,13-14H2,1-2H3,(H,28,30)/t22-,23?/m1/s1. The molecule has 4 nitrogen and oxygen atoms in total. The Morgan fingerprint density at radius 1 is 1.06 bits per heavy atom. The van der Waals surface area contributed by atoms with E-state index in [9.17, 15) is 4.79 Å². The first kappa shape index (κ1) is 21.1. The Labute approximate surface area is 193 Å². The zero-order valence-electron chi connectivity index (χ0n) is 18.0. The number of halogens is 2. The Kier molecular flexibility index (Phi) is 5.44. The van der Waals surface area contributed by atoms with E-state index in [1.165, 1.54) is 5.56 Å². The van der Waals surface area contributed by atoms with E-state index in [2.05, 4.69) is 42.3 Å². The number of piperidine rings is 3. The molecule has 1 unspecified atom stereocenters. The predicted octanol–water partition coefficient (Wildman–Crippen LogP) is 6.10. The van der Waals surface area contributed by atoms with Crippen LogP contribution < -0.4 is 5.32 Å². The lowest BCUT2D eigenvalue weighted by molar-refractivity contribution is -0.0348. The van der Waals surface area contributed by atoms with Gasteiger partial charge in [-0.3, -0.25) is 4.90 Å². The van der Waals surface area contributed by atoms with Gasteiger partial charge in [0, 0.05) is 16.6 Å². The molecule has 164 valence electrons. The van der Waals surface area contributed by atoms with Crippen LogP contribution in [0.3, 0.4) is 0 Å². The molecule has 2 aromatic carbocycles. The maximum absolute atomic E-state index is 12.8. The van der Waals surface area contributed by atoms with Crippen LogP contribution in [0.4, 0.5) is 4.79 Å². The van der Waals surface area contributed by atoms with Gasteiger partial charge in [0.1, 0.15) is 6.10 Å². The summed E-state index contributed by atoms with van der Waals surface area (Å²) in [6.07, 6.45) is 2.87. The van der Waals surface area contributed by atoms with Gasteiger partial charge < -0.3 is 10.1 Å². The van der Waals surface area contributed by atoms with E-state index >= 15 is 0 Å². The zero-order chi connectivity index (χ0) is 21.8. The molecule has 2 aromatic rings. The monoisotopic (exact) mass is 458 g/mol. The normalized spacial score (nSPS) is 28.3. The fourth-order valence-corrected chi connectivity index (χ4v) is 6.09. The number of carbonyl (C=O) groups is 1. The first-order valence-electron chi connectivity index (χ1n) is 11.1. The van der Waals surface area contributed by atoms with Gasteiger partial charge in [0.2, 0.25) is 0 Å². The number of ether oxygens (including phenoxy) is 1. The number of alkyl carbamates (subject to hydrolysis) is 1. The maximum atomic E-state index is 12.8. The van der Waals surface area contributed by atoms with Crippen LogP contribution >= 0.6 is 23.2 Å². The summed E-state index contributed by atoms with van der Waals surface area (Å²) in [7, 11) is 0. The SMILES string of the molecule is CC1(C)Cc2cc(-c3cc(Cl)cc(Cl)c3)ccc2C1NC(=O)O[C@@H]1CN2CCC1CC2. The molecule has 3 heterocycles. The van der Waals surface area contributed by atoms with Gasteiger partial charge >= 0.3 is 6.09 Å². The highest BCUT2D eigenvalue weighted by molar-refractivity contribution is 6.35. The second kappa shape index (κ2) is 7.99. The number of hydrogen-bond donors (Lipinski definition) is 1. The number of rotatable bonds is 3. The molecule has 2 atom stereocenters. The molecule has 31 heavy (non-hydrogen) atoms. The van der Waals surface area contributed by atoms with Gasteiger partial charge in [0.25, 0.3) is 0 Å². The summed E-state index contributed by atoms with van der Waals surface area (Å²) in [4.78, 5) is 15.2. The van der Waals surface area contributed by atoms with Crippen LogP contribution in [0.2, 0.25) is 10.0 Å². The van der Waals surface area contributed by atoms with Crippen LogP contribution in [0.25, 0.3) is 11.1 Å². The number of amides is 1. The summed E-state index contributed by atoms with van der Waals surface area (Å²) in [6.45, 7) is 7.53. The summed E-state index contributed by atoms with van der Waals surface area (Å²) in [5.41, 5.74) is 4.38. The second-order valence-corrected chi connectivity index (χ2v) is 10.8. The maximum Gasteiger partial charge on any atom is 0.407 e. The van der Waals surface area contributed by atoms with Crippen LogP contribution in [-0.4, -0.2) is 36.7 Å². The largest absolute Gasteiger partial charge is 0.445 e. The summed E-state index contributed by atoms with van der Waals surface area (Å²) in [6, 6.07) is 11.9. The van der Waals surface area contributed by atoms with Crippen LogP contribution in [-0.2, 0) is 11.2 Å². The third kappa shape index (κ3) is 4.18. The van der Waals surface area contributed by atoms with Crippen LogP contribution in [0.1, 0.15) is 43.9 Å². The lowest BCUT2D eigenvalue weighted by Gasteiger charge is -2.44. The topological polar surface area (TPSA) is 41.6 Å². The average Bonchev–Trinajstić information content (AvgIpc) is 2.97. The van der Waals surface area contributed by atoms with Crippen molar-refractivity contribution in [2.24, 2.45) is 11.3 Å². The minimum absolute atomic E-state index is 0.0152. The number of carbonyl (C=O) groups excluding carboxylic acids is 1. The van der Waals surface area contributed by atoms with Crippen molar-refractivity contribution in [3.05, 3.63) is 57.6 Å². The third-order valence-electron chi connectivity index (χ3n) is 7.19. The average molecular weight is 459 g/mol. The molecule has 0 aromatic heterocycles. The first-order valence-corrected chi connectivity index (χ1v) is 11.8. The van der Waals surface area contributed by atoms with Crippen molar-refractivity contribution >= 4 is 29.3 Å². The Morgan fingerprint density at radius 2 is 1.77 bits per heavy atom. The molecule has 3 aliphatic heterocycles. The Balaban J connectivity index is 1.34. The van der Waals surface area contributed by atoms with E-state index in [0.717, 1.165) is 55.6 Å². The van der Waals surface area contributed by atoms with E-state index in [4.69, 9.17) is 27.9 Å². The Bertz CT molecular complexity index is 994. The number of nitrogens with zero attached hydrogens (tertiary/aromatic N) is 1. The van der Waals surface area contributed by atoms with Gasteiger partial charge in [-0.05, 0) is 84.1 Å². The van der Waals surface area contributed by atoms with Crippen LogP contribution in [0.5, 0.6) is 0 Å². The first-order chi connectivity index (χ1) is 14.8. The van der Waals surface area contributed by atoms with Crippen LogP contribution in [0.15, 0.2) is 36.4 Å². The highest BCUT2D eigenvalue weighted by Crippen LogP contribution is 2.46. The minimum Gasteiger partial charge on any atom is -0.445 e. The van der Waals surface area contributed by atoms with Crippen molar-refractivity contribution in [2.75, 3.05) is 19.6 Å². The fraction of sp³-hybridized carbons (Fsp3) is 0.480. The van der Waals surface area contributed by atoms with Gasteiger partial charge in [-0.25, -0.2) is 4.79 Å². The molecule has 1 N–H and O–H groups in total. The van der Waals surface area contributed by atoms with E-state index in [-0.39, 0.29) is 23.7 Å². The van der Waals surface area contributed by atoms with E-state index < -0.39 is 0 Å². The number of hydrogen-bond acceptors (Lipinski definition) is 3. The Morgan fingerprint density at radius 3 is 2.42 bits per heavy atom. The highest BCUT2D eigenvalue weighted by atomic mass is 35.5. The van der Waals surface area contributed by atoms with Crippen LogP contribution in [0, 0.1) is 11.3 Å². The van der Waals surface area contributed by atoms with Gasteiger partial charge in [-0.2, -0.15) is 0 Å². The molecule has 6 heteroatoms. The summed E-state index contributed by atoms with van der Waals surface area (Å²) in [5.74, 6) is 0.506. The van der Waals surface area contributed by atoms with E-state index in [0.29, 0.717) is 16.0 Å². The van der Waals surface area contributed by atoms with Gasteiger partial charge in [-0.1, -0.05) is 55.2 Å². The smallest absolute Gasteiger partial charge is 0.407 e. The molecule has 0 saturated carbocycles. The molecule has 3 saturated heterocycles. The molecular formula is C25H28Cl2N2O2. The molecule has 0 spiro atoms. The lowest BCUT2D eigenvalue weighted by atomic mass is 9.85. The molecule has 2 bridgehead atoms. The Hall–Kier alpha value is -1.75. The molecule has 4 aliphatic rings. The number of nitrogens with one attached hydrogen (secondary N) is 1. The van der Waals surface area contributed by atoms with Crippen molar-refractivity contribution in [2.45, 2.75) is 45.3 Å². The molecule has 1 amide bonds. The zero-order valence-corrected chi connectivity index (χ0v) is 19.5. The molecular weight excluding hydrogens is 431 g/mol. The van der Waals surface area contributed by atoms with Crippen molar-refractivity contribution in [1.29, 1.82) is 0 Å². The van der Waals surface area contributed by atoms with Crippen molar-refractivity contribution in [3.63, 3.8) is 0 Å². The van der Waals surface area contributed by atoms with E-state index in [1.54, 1.807) is 6.07 Å². The van der Waals surface area contributed by atoms with Crippen molar-refractivity contribution in [3.8, 4) is 11.1 Å². The second-order valence-electron chi connectivity index (χ2n) is 9.90. The van der Waals surface area contributed by atoms with Crippen molar-refractivity contribution in [1.82, 2.24) is 10.2 Å². The molecule has 6 rings (SSSR count). The summed E-state index contributed by atoms with van der Waals surface area (Å²) < 4.78 is 5.89. The van der Waals surface area contributed by atoms with E-state index in [1.807, 2.05) is 12.1 Å². The van der Waals surface area contributed by atoms with Gasteiger partial charge in [0.15, 0.2) is 0 Å². The quantitative estimate of drug-likeness (QED) is 0.603. The van der Waals surface area contributed by atoms with Gasteiger partial charge in [-0.15, -0.1) is 0 Å². The third-order valence-corrected chi connectivity index (χ3v) is 7.63. The van der Waals surface area contributed by atoms with Crippen molar-refractivity contribution < 1.29 is 9.53 Å². The minimum atomic E-state index is -0.296. The predicted molar refractivity (Wildman–Crippen MR) is 125 cm³/mol. The summed E-state index contributed by atoms with van der Waals surface area (Å²) in [5, 5.41) is 4.43. The number of fused-ring (bicyclic) bond motifs is 4. The van der Waals surface area contributed by atoms with Gasteiger partial charge in [0.05, 0.1) is 6.04 Å². The number of benzene rings is 2. The molecule has 1 aliphatic carbocycles. The molecule has 3 fully saturated rings. The lowest BCUT2D eigenvalue weighted by Crippen LogP contribution is -2.53. The molecule has 0 radical (unpaired) electrons. The fourth-order valence-electron chi connectivity index (χ4n) is 5.56. The summed E-state index contributed by atoms with van der Waals surface area (Å²) >= 11 is 12.4. The highest BCUT2D eigenvalue weighted by Gasteiger charge is 2.42.